The van der Waals surface area contributed by atoms with Gasteiger partial charge in [-0.3, -0.25) is 0 Å². The Morgan fingerprint density at radius 1 is 1.55 bits per heavy atom. The Hall–Kier alpha value is -2.50. The molecule has 0 aliphatic carbocycles. The molecule has 0 spiro atoms. The average Bonchev–Trinajstić information content (AvgIpc) is 2.98. The highest BCUT2D eigenvalue weighted by molar-refractivity contribution is 5.70. The third kappa shape index (κ3) is 2.32. The van der Waals surface area contributed by atoms with E-state index in [9.17, 15) is 4.79 Å². The van der Waals surface area contributed by atoms with E-state index in [1.807, 2.05) is 18.2 Å². The molecule has 1 aliphatic rings. The molecule has 1 atom stereocenters. The molecule has 0 bridgehead atoms. The highest BCUT2D eigenvalue weighted by Crippen LogP contribution is 2.40. The summed E-state index contributed by atoms with van der Waals surface area (Å²) < 4.78 is 5.79. The highest BCUT2D eigenvalue weighted by atomic mass is 16.5. The van der Waals surface area contributed by atoms with Crippen molar-refractivity contribution in [2.75, 3.05) is 13.2 Å². The smallest absolute Gasteiger partial charge is 0.404 e. The van der Waals surface area contributed by atoms with Crippen molar-refractivity contribution in [3.05, 3.63) is 36.3 Å². The molecule has 1 aliphatic heterocycles. The lowest BCUT2D eigenvalue weighted by atomic mass is 9.90. The zero-order chi connectivity index (χ0) is 13.9. The summed E-state index contributed by atoms with van der Waals surface area (Å²) in [5.41, 5.74) is 2.89. The summed E-state index contributed by atoms with van der Waals surface area (Å²) in [6.07, 6.45) is 3.18. The molecule has 6 nitrogen and oxygen atoms in total. The van der Waals surface area contributed by atoms with Gasteiger partial charge in [0, 0.05) is 18.0 Å². The average molecular weight is 273 g/mol. The van der Waals surface area contributed by atoms with E-state index in [1.54, 1.807) is 12.5 Å². The van der Waals surface area contributed by atoms with Crippen LogP contribution >= 0.6 is 0 Å². The minimum Gasteiger partial charge on any atom is -0.493 e. The maximum absolute atomic E-state index is 10.7. The van der Waals surface area contributed by atoms with Crippen molar-refractivity contribution in [1.82, 2.24) is 15.3 Å². The normalized spacial score (nSPS) is 17.1. The van der Waals surface area contributed by atoms with E-state index in [0.717, 1.165) is 29.0 Å². The molecule has 3 N–H and O–H groups in total. The van der Waals surface area contributed by atoms with Crippen LogP contribution in [0.2, 0.25) is 0 Å². The number of hydrogen-bond acceptors (Lipinski definition) is 3. The summed E-state index contributed by atoms with van der Waals surface area (Å²) in [6.45, 7) is 0.988. The summed E-state index contributed by atoms with van der Waals surface area (Å²) in [7, 11) is 0. The van der Waals surface area contributed by atoms with Gasteiger partial charge < -0.3 is 20.1 Å². The minimum atomic E-state index is -0.997. The molecule has 2 heterocycles. The number of rotatable bonds is 3. The summed E-state index contributed by atoms with van der Waals surface area (Å²) in [5, 5.41) is 11.2. The molecule has 0 fully saturated rings. The number of aromatic nitrogens is 2. The first-order valence-corrected chi connectivity index (χ1v) is 6.47. The van der Waals surface area contributed by atoms with Gasteiger partial charge in [0.2, 0.25) is 0 Å². The van der Waals surface area contributed by atoms with Crippen LogP contribution in [0, 0.1) is 0 Å². The molecule has 6 heteroatoms. The molecule has 1 aromatic carbocycles. The molecule has 2 aromatic rings. The van der Waals surface area contributed by atoms with Crippen LogP contribution in [0.25, 0.3) is 11.3 Å². The molecule has 1 amide bonds. The van der Waals surface area contributed by atoms with Crippen LogP contribution in [0.3, 0.4) is 0 Å². The van der Waals surface area contributed by atoms with Crippen molar-refractivity contribution >= 4 is 6.09 Å². The quantitative estimate of drug-likeness (QED) is 0.800. The van der Waals surface area contributed by atoms with Gasteiger partial charge in [-0.05, 0) is 18.1 Å². The zero-order valence-corrected chi connectivity index (χ0v) is 10.8. The number of imidazole rings is 1. The molecule has 1 aromatic heterocycles. The van der Waals surface area contributed by atoms with Crippen molar-refractivity contribution < 1.29 is 14.6 Å². The topological polar surface area (TPSA) is 87.2 Å². The number of para-hydroxylation sites is 1. The first-order chi connectivity index (χ1) is 9.75. The number of amides is 1. The third-order valence-corrected chi connectivity index (χ3v) is 3.49. The standard InChI is InChI=1S/C14H15N3O3/c18-14(19)16-6-9-4-5-20-13-10(9)2-1-3-11(13)12-7-15-8-17-12/h1-3,7-9,16H,4-6H2,(H,15,17)(H,18,19). The Morgan fingerprint density at radius 3 is 3.20 bits per heavy atom. The molecule has 0 saturated carbocycles. The van der Waals surface area contributed by atoms with Gasteiger partial charge in [0.25, 0.3) is 0 Å². The summed E-state index contributed by atoms with van der Waals surface area (Å²) in [5.74, 6) is 0.956. The molecule has 3 rings (SSSR count). The number of carboxylic acid groups (broad SMARTS) is 1. The van der Waals surface area contributed by atoms with Gasteiger partial charge in [-0.2, -0.15) is 0 Å². The molecule has 1 unspecified atom stereocenters. The Bertz CT molecular complexity index is 610. The first-order valence-electron chi connectivity index (χ1n) is 6.47. The van der Waals surface area contributed by atoms with E-state index in [4.69, 9.17) is 9.84 Å². The number of aromatic amines is 1. The van der Waals surface area contributed by atoms with Crippen LogP contribution in [-0.2, 0) is 0 Å². The fraction of sp³-hybridized carbons (Fsp3) is 0.286. The lowest BCUT2D eigenvalue weighted by Gasteiger charge is -2.27. The summed E-state index contributed by atoms with van der Waals surface area (Å²) >= 11 is 0. The van der Waals surface area contributed by atoms with Crippen molar-refractivity contribution in [2.24, 2.45) is 0 Å². The van der Waals surface area contributed by atoms with Gasteiger partial charge in [-0.15, -0.1) is 0 Å². The van der Waals surface area contributed by atoms with Crippen LogP contribution < -0.4 is 10.1 Å². The summed E-state index contributed by atoms with van der Waals surface area (Å²) in [6, 6.07) is 5.92. The van der Waals surface area contributed by atoms with Gasteiger partial charge in [0.1, 0.15) is 5.75 Å². The van der Waals surface area contributed by atoms with Gasteiger partial charge in [0.05, 0.1) is 24.8 Å². The monoisotopic (exact) mass is 273 g/mol. The Morgan fingerprint density at radius 2 is 2.45 bits per heavy atom. The van der Waals surface area contributed by atoms with Crippen LogP contribution in [0.4, 0.5) is 4.79 Å². The Kier molecular flexibility index (Phi) is 3.28. The summed E-state index contributed by atoms with van der Waals surface area (Å²) in [4.78, 5) is 17.7. The van der Waals surface area contributed by atoms with Crippen molar-refractivity contribution in [2.45, 2.75) is 12.3 Å². The second kappa shape index (κ2) is 5.24. The van der Waals surface area contributed by atoms with Crippen LogP contribution in [0.1, 0.15) is 17.9 Å². The molecular formula is C14H15N3O3. The van der Waals surface area contributed by atoms with E-state index < -0.39 is 6.09 Å². The lowest BCUT2D eigenvalue weighted by molar-refractivity contribution is 0.191. The van der Waals surface area contributed by atoms with Crippen molar-refractivity contribution in [3.63, 3.8) is 0 Å². The first kappa shape index (κ1) is 12.5. The van der Waals surface area contributed by atoms with E-state index in [0.29, 0.717) is 13.2 Å². The fourth-order valence-corrected chi connectivity index (χ4v) is 2.53. The van der Waals surface area contributed by atoms with E-state index in [-0.39, 0.29) is 5.92 Å². The highest BCUT2D eigenvalue weighted by Gasteiger charge is 2.24. The van der Waals surface area contributed by atoms with Gasteiger partial charge >= 0.3 is 6.09 Å². The number of ether oxygens (including phenoxy) is 1. The number of hydrogen-bond donors (Lipinski definition) is 3. The molecular weight excluding hydrogens is 258 g/mol. The van der Waals surface area contributed by atoms with Crippen LogP contribution in [-0.4, -0.2) is 34.3 Å². The fourth-order valence-electron chi connectivity index (χ4n) is 2.53. The van der Waals surface area contributed by atoms with Crippen molar-refractivity contribution in [3.8, 4) is 17.0 Å². The predicted molar refractivity (Wildman–Crippen MR) is 72.9 cm³/mol. The molecule has 104 valence electrons. The van der Waals surface area contributed by atoms with E-state index >= 15 is 0 Å². The largest absolute Gasteiger partial charge is 0.493 e. The number of nitrogens with zero attached hydrogens (tertiary/aromatic N) is 1. The van der Waals surface area contributed by atoms with Crippen LogP contribution in [0.15, 0.2) is 30.7 Å². The minimum absolute atomic E-state index is 0.137. The Labute approximate surface area is 115 Å². The number of fused-ring (bicyclic) bond motifs is 1. The second-order valence-electron chi connectivity index (χ2n) is 4.71. The lowest BCUT2D eigenvalue weighted by Crippen LogP contribution is -2.29. The number of H-pyrrole nitrogens is 1. The molecule has 0 saturated heterocycles. The molecule has 20 heavy (non-hydrogen) atoms. The SMILES string of the molecule is O=C(O)NCC1CCOc2c(-c3cnc[nH]3)cccc21. The second-order valence-corrected chi connectivity index (χ2v) is 4.71. The van der Waals surface area contributed by atoms with Crippen molar-refractivity contribution in [1.29, 1.82) is 0 Å². The van der Waals surface area contributed by atoms with Crippen LogP contribution in [0.5, 0.6) is 5.75 Å². The van der Waals surface area contributed by atoms with Gasteiger partial charge in [-0.1, -0.05) is 12.1 Å². The number of nitrogens with one attached hydrogen (secondary N) is 2. The van der Waals surface area contributed by atoms with Gasteiger partial charge in [0.15, 0.2) is 0 Å². The predicted octanol–water partition coefficient (Wildman–Crippen LogP) is 2.21. The van der Waals surface area contributed by atoms with E-state index in [1.165, 1.54) is 0 Å². The van der Waals surface area contributed by atoms with Gasteiger partial charge in [-0.25, -0.2) is 9.78 Å². The Balaban J connectivity index is 1.94. The van der Waals surface area contributed by atoms with E-state index in [2.05, 4.69) is 15.3 Å². The zero-order valence-electron chi connectivity index (χ0n) is 10.8. The number of carbonyl (C=O) groups is 1. The maximum atomic E-state index is 10.7. The number of benzene rings is 1. The maximum Gasteiger partial charge on any atom is 0.404 e. The molecule has 0 radical (unpaired) electrons. The third-order valence-electron chi connectivity index (χ3n) is 3.49.